The Bertz CT molecular complexity index is 164. The highest BCUT2D eigenvalue weighted by molar-refractivity contribution is 5.72. The SMILES string of the molecule is CC.CC.CCC.CCCCC.CCCCCC.CCCCCNC(C)=O. The largest absolute Gasteiger partial charge is 0.356 e. The van der Waals surface area contributed by atoms with Crippen LogP contribution < -0.4 is 5.32 Å². The van der Waals surface area contributed by atoms with E-state index in [1.807, 2.05) is 27.7 Å². The van der Waals surface area contributed by atoms with Gasteiger partial charge in [-0.2, -0.15) is 0 Å². The molecule has 0 bridgehead atoms. The van der Waals surface area contributed by atoms with Crippen LogP contribution in [0.15, 0.2) is 0 Å². The van der Waals surface area contributed by atoms with Crippen LogP contribution in [0.2, 0.25) is 0 Å². The molecular weight excluding hydrogens is 330 g/mol. The first-order chi connectivity index (χ1) is 13.0. The summed E-state index contributed by atoms with van der Waals surface area (Å²) in [5, 5.41) is 2.74. The zero-order valence-corrected chi connectivity index (χ0v) is 21.9. The molecule has 2 heteroatoms. The van der Waals surface area contributed by atoms with Crippen molar-refractivity contribution in [3.05, 3.63) is 0 Å². The van der Waals surface area contributed by atoms with Gasteiger partial charge < -0.3 is 5.32 Å². The van der Waals surface area contributed by atoms with Crippen LogP contribution in [0.4, 0.5) is 0 Å². The minimum atomic E-state index is 0.0751. The molecule has 0 fully saturated rings. The number of hydrogen-bond acceptors (Lipinski definition) is 1. The lowest BCUT2D eigenvalue weighted by atomic mass is 10.2. The van der Waals surface area contributed by atoms with Crippen molar-refractivity contribution in [1.29, 1.82) is 0 Å². The molecule has 0 aliphatic rings. The third kappa shape index (κ3) is 128. The van der Waals surface area contributed by atoms with Crippen LogP contribution in [0, 0.1) is 0 Å². The number of hydrogen-bond donors (Lipinski definition) is 1. The van der Waals surface area contributed by atoms with E-state index in [1.54, 1.807) is 6.92 Å². The number of unbranched alkanes of at least 4 members (excludes halogenated alkanes) is 7. The molecule has 27 heavy (non-hydrogen) atoms. The monoisotopic (exact) mass is 391 g/mol. The Kier molecular flexibility index (Phi) is 96.7. The highest BCUT2D eigenvalue weighted by Gasteiger charge is 1.87. The first-order valence-electron chi connectivity index (χ1n) is 12.3. The second-order valence-corrected chi connectivity index (χ2v) is 5.96. The summed E-state index contributed by atoms with van der Waals surface area (Å²) in [5.41, 5.74) is 0. The van der Waals surface area contributed by atoms with E-state index >= 15 is 0 Å². The van der Waals surface area contributed by atoms with Crippen LogP contribution in [0.3, 0.4) is 0 Å². The summed E-state index contributed by atoms with van der Waals surface area (Å²) in [7, 11) is 0. The summed E-state index contributed by atoms with van der Waals surface area (Å²) in [6, 6.07) is 0. The maximum Gasteiger partial charge on any atom is 0.216 e. The molecule has 0 atom stereocenters. The second-order valence-electron chi connectivity index (χ2n) is 5.96. The van der Waals surface area contributed by atoms with Gasteiger partial charge in [0.1, 0.15) is 0 Å². The highest BCUT2D eigenvalue weighted by Crippen LogP contribution is 1.95. The minimum absolute atomic E-state index is 0.0751. The predicted molar refractivity (Wildman–Crippen MR) is 132 cm³/mol. The van der Waals surface area contributed by atoms with E-state index in [0.29, 0.717) is 0 Å². The van der Waals surface area contributed by atoms with Crippen molar-refractivity contribution in [3.63, 3.8) is 0 Å². The molecule has 0 unspecified atom stereocenters. The lowest BCUT2D eigenvalue weighted by Crippen LogP contribution is -2.20. The second kappa shape index (κ2) is 63.7. The van der Waals surface area contributed by atoms with Crippen molar-refractivity contribution >= 4 is 5.91 Å². The smallest absolute Gasteiger partial charge is 0.216 e. The fourth-order valence-electron chi connectivity index (χ4n) is 1.49. The van der Waals surface area contributed by atoms with Crippen molar-refractivity contribution in [2.45, 2.75) is 154 Å². The maximum atomic E-state index is 10.3. The molecule has 0 aromatic rings. The van der Waals surface area contributed by atoms with Crippen LogP contribution in [-0.2, 0) is 4.79 Å². The molecule has 0 aliphatic heterocycles. The highest BCUT2D eigenvalue weighted by atomic mass is 16.1. The summed E-state index contributed by atoms with van der Waals surface area (Å²) in [6.07, 6.45) is 14.4. The summed E-state index contributed by atoms with van der Waals surface area (Å²) in [5.74, 6) is 0.0751. The van der Waals surface area contributed by atoms with E-state index in [1.165, 1.54) is 64.2 Å². The molecule has 2 nitrogen and oxygen atoms in total. The standard InChI is InChI=1S/C7H15NO.C6H14.C5H12.C3H8.2C2H6/c1-3-4-5-6-8-7(2)9;1-3-5-6-4-2;1-3-5-4-2;1-3-2;2*1-2/h3-6H2,1-2H3,(H,8,9);3-6H2,1-2H3;3-5H2,1-2H3;3H2,1-2H3;2*1-2H3. The fourth-order valence-corrected chi connectivity index (χ4v) is 1.49. The van der Waals surface area contributed by atoms with Gasteiger partial charge >= 0.3 is 0 Å². The van der Waals surface area contributed by atoms with E-state index in [2.05, 4.69) is 53.8 Å². The van der Waals surface area contributed by atoms with Crippen LogP contribution >= 0.6 is 0 Å². The van der Waals surface area contributed by atoms with Gasteiger partial charge in [0.05, 0.1) is 0 Å². The van der Waals surface area contributed by atoms with Crippen LogP contribution in [0.1, 0.15) is 154 Å². The molecular formula is C25H61NO. The molecule has 0 heterocycles. The molecule has 0 radical (unpaired) electrons. The van der Waals surface area contributed by atoms with Crippen molar-refractivity contribution < 1.29 is 4.79 Å². The van der Waals surface area contributed by atoms with Gasteiger partial charge in [-0.05, 0) is 6.42 Å². The molecule has 0 aliphatic carbocycles. The average Bonchev–Trinajstić information content (AvgIpc) is 2.69. The normalized spacial score (nSPS) is 7.70. The van der Waals surface area contributed by atoms with Gasteiger partial charge in [0, 0.05) is 13.5 Å². The molecule has 0 aromatic heterocycles. The lowest BCUT2D eigenvalue weighted by Gasteiger charge is -1.98. The molecule has 1 N–H and O–H groups in total. The number of carbonyl (C=O) groups excluding carboxylic acids is 1. The van der Waals surface area contributed by atoms with E-state index in [0.717, 1.165) is 13.0 Å². The van der Waals surface area contributed by atoms with Crippen LogP contribution in [0.25, 0.3) is 0 Å². The van der Waals surface area contributed by atoms with Gasteiger partial charge in [-0.1, -0.05) is 140 Å². The maximum absolute atomic E-state index is 10.3. The Morgan fingerprint density at radius 2 is 0.815 bits per heavy atom. The Morgan fingerprint density at radius 1 is 0.556 bits per heavy atom. The van der Waals surface area contributed by atoms with E-state index < -0.39 is 0 Å². The Morgan fingerprint density at radius 3 is 1.00 bits per heavy atom. The van der Waals surface area contributed by atoms with Crippen molar-refractivity contribution in [1.82, 2.24) is 5.32 Å². The van der Waals surface area contributed by atoms with Gasteiger partial charge in [-0.3, -0.25) is 4.79 Å². The van der Waals surface area contributed by atoms with E-state index in [9.17, 15) is 4.79 Å². The number of rotatable bonds is 9. The van der Waals surface area contributed by atoms with Gasteiger partial charge in [0.25, 0.3) is 0 Å². The number of nitrogens with one attached hydrogen (secondary N) is 1. The summed E-state index contributed by atoms with van der Waals surface area (Å²) < 4.78 is 0. The summed E-state index contributed by atoms with van der Waals surface area (Å²) in [6.45, 7) is 25.7. The fraction of sp³-hybridized carbons (Fsp3) is 0.960. The zero-order valence-electron chi connectivity index (χ0n) is 21.9. The Labute approximate surface area is 176 Å². The molecule has 0 saturated heterocycles. The summed E-state index contributed by atoms with van der Waals surface area (Å²) >= 11 is 0. The van der Waals surface area contributed by atoms with Gasteiger partial charge in [0.2, 0.25) is 5.91 Å². The number of carbonyl (C=O) groups is 1. The topological polar surface area (TPSA) is 29.1 Å². The van der Waals surface area contributed by atoms with Gasteiger partial charge in [0.15, 0.2) is 0 Å². The van der Waals surface area contributed by atoms with Crippen LogP contribution in [0.5, 0.6) is 0 Å². The average molecular weight is 392 g/mol. The zero-order chi connectivity index (χ0) is 22.8. The van der Waals surface area contributed by atoms with Gasteiger partial charge in [-0.25, -0.2) is 0 Å². The van der Waals surface area contributed by atoms with Crippen molar-refractivity contribution in [2.24, 2.45) is 0 Å². The van der Waals surface area contributed by atoms with E-state index in [-0.39, 0.29) is 5.91 Å². The third-order valence-corrected chi connectivity index (χ3v) is 2.82. The molecule has 0 spiro atoms. The quantitative estimate of drug-likeness (QED) is 0.389. The molecule has 172 valence electrons. The molecule has 0 rings (SSSR count). The Hall–Kier alpha value is -0.530. The first-order valence-corrected chi connectivity index (χ1v) is 12.3. The molecule has 0 saturated carbocycles. The third-order valence-electron chi connectivity index (χ3n) is 2.82. The predicted octanol–water partition coefficient (Wildman–Crippen LogP) is 9.56. The Balaban J connectivity index is -0.0000000540. The minimum Gasteiger partial charge on any atom is -0.356 e. The number of amides is 1. The molecule has 1 amide bonds. The summed E-state index contributed by atoms with van der Waals surface area (Å²) in [4.78, 5) is 10.3. The molecule has 0 aromatic carbocycles. The van der Waals surface area contributed by atoms with Crippen LogP contribution in [-0.4, -0.2) is 12.5 Å². The van der Waals surface area contributed by atoms with Gasteiger partial charge in [-0.15, -0.1) is 0 Å². The van der Waals surface area contributed by atoms with E-state index in [4.69, 9.17) is 0 Å². The lowest BCUT2D eigenvalue weighted by molar-refractivity contribution is -0.118. The van der Waals surface area contributed by atoms with Crippen molar-refractivity contribution in [3.8, 4) is 0 Å². The first kappa shape index (κ1) is 41.0. The van der Waals surface area contributed by atoms with Crippen molar-refractivity contribution in [2.75, 3.05) is 6.54 Å².